The highest BCUT2D eigenvalue weighted by molar-refractivity contribution is 5.32. The quantitative estimate of drug-likeness (QED) is 0.268. The lowest BCUT2D eigenvalue weighted by molar-refractivity contribution is -0.906. The van der Waals surface area contributed by atoms with Gasteiger partial charge in [-0.2, -0.15) is 0 Å². The minimum atomic E-state index is -0.347. The summed E-state index contributed by atoms with van der Waals surface area (Å²) in [5.41, 5.74) is 1.37. The number of nitro benzene ring substituents is 1. The minimum Gasteiger partial charge on any atom is -1.00 e. The van der Waals surface area contributed by atoms with Gasteiger partial charge in [-0.15, -0.1) is 0 Å². The van der Waals surface area contributed by atoms with Crippen molar-refractivity contribution in [2.45, 2.75) is 46.0 Å². The Bertz CT molecular complexity index is 431. The Kier molecular flexibility index (Phi) is 10.3. The number of nitrogens with zero attached hydrogens (tertiary/aromatic N) is 2. The number of nitro groups is 1. The van der Waals surface area contributed by atoms with E-state index in [-0.39, 0.29) is 27.6 Å². The summed E-state index contributed by atoms with van der Waals surface area (Å²) in [7, 11) is 2.33. The van der Waals surface area contributed by atoms with Crippen LogP contribution in [-0.4, -0.2) is 36.1 Å². The van der Waals surface area contributed by atoms with Crippen LogP contribution in [-0.2, 0) is 6.42 Å². The summed E-state index contributed by atoms with van der Waals surface area (Å²) in [6, 6.07) is 6.95. The number of hydrogen-bond donors (Lipinski definition) is 0. The van der Waals surface area contributed by atoms with E-state index in [0.717, 1.165) is 6.42 Å². The SMILES string of the molecule is CC[N+](C)(CC)CCCCCCc1ccc([N+](=O)[O-])cc1.[Br-]. The molecule has 0 bridgehead atoms. The first-order valence-electron chi connectivity index (χ1n) is 8.07. The van der Waals surface area contributed by atoms with Crippen LogP contribution in [0.25, 0.3) is 0 Å². The molecule has 0 aliphatic rings. The van der Waals surface area contributed by atoms with E-state index in [4.69, 9.17) is 0 Å². The lowest BCUT2D eigenvalue weighted by atomic mass is 10.1. The van der Waals surface area contributed by atoms with E-state index < -0.39 is 0 Å². The largest absolute Gasteiger partial charge is 1.00 e. The summed E-state index contributed by atoms with van der Waals surface area (Å²) in [5, 5.41) is 10.6. The van der Waals surface area contributed by atoms with Gasteiger partial charge in [-0.05, 0) is 45.1 Å². The van der Waals surface area contributed by atoms with Crippen LogP contribution in [0.4, 0.5) is 5.69 Å². The van der Waals surface area contributed by atoms with Gasteiger partial charge in [-0.3, -0.25) is 10.1 Å². The first-order chi connectivity index (χ1) is 10.0. The second-order valence-electron chi connectivity index (χ2n) is 6.06. The van der Waals surface area contributed by atoms with E-state index in [9.17, 15) is 10.1 Å². The fourth-order valence-corrected chi connectivity index (χ4v) is 2.50. The van der Waals surface area contributed by atoms with Crippen LogP contribution in [0.1, 0.15) is 45.1 Å². The molecule has 0 atom stereocenters. The van der Waals surface area contributed by atoms with E-state index in [0.29, 0.717) is 0 Å². The third kappa shape index (κ3) is 7.36. The van der Waals surface area contributed by atoms with E-state index in [1.54, 1.807) is 12.1 Å². The van der Waals surface area contributed by atoms with Crippen molar-refractivity contribution in [1.82, 2.24) is 0 Å². The first kappa shape index (κ1) is 21.1. The van der Waals surface area contributed by atoms with Crippen LogP contribution in [0.15, 0.2) is 24.3 Å². The van der Waals surface area contributed by atoms with Gasteiger partial charge in [-0.25, -0.2) is 0 Å². The lowest BCUT2D eigenvalue weighted by Crippen LogP contribution is -3.00. The molecule has 0 unspecified atom stereocenters. The van der Waals surface area contributed by atoms with Crippen molar-refractivity contribution in [1.29, 1.82) is 0 Å². The predicted molar refractivity (Wildman–Crippen MR) is 87.4 cm³/mol. The number of hydrogen-bond acceptors (Lipinski definition) is 2. The Morgan fingerprint density at radius 1 is 1.00 bits per heavy atom. The Labute approximate surface area is 145 Å². The van der Waals surface area contributed by atoms with Gasteiger partial charge in [0.1, 0.15) is 0 Å². The number of unbranched alkanes of at least 4 members (excludes halogenated alkanes) is 3. The van der Waals surface area contributed by atoms with Crippen LogP contribution in [0.5, 0.6) is 0 Å². The Balaban J connectivity index is 0.00000441. The van der Waals surface area contributed by atoms with Crippen molar-refractivity contribution in [3.05, 3.63) is 39.9 Å². The van der Waals surface area contributed by atoms with Crippen LogP contribution >= 0.6 is 0 Å². The Morgan fingerprint density at radius 3 is 2.05 bits per heavy atom. The smallest absolute Gasteiger partial charge is 0.269 e. The van der Waals surface area contributed by atoms with Crippen LogP contribution in [0, 0.1) is 10.1 Å². The van der Waals surface area contributed by atoms with Gasteiger partial charge in [0, 0.05) is 12.1 Å². The zero-order chi connectivity index (χ0) is 15.7. The topological polar surface area (TPSA) is 43.1 Å². The molecule has 5 heteroatoms. The third-order valence-corrected chi connectivity index (χ3v) is 4.59. The molecular formula is C17H29BrN2O2. The van der Waals surface area contributed by atoms with Gasteiger partial charge in [0.05, 0.1) is 31.6 Å². The number of rotatable bonds is 10. The summed E-state index contributed by atoms with van der Waals surface area (Å²) in [6.45, 7) is 8.21. The van der Waals surface area contributed by atoms with Crippen LogP contribution in [0.2, 0.25) is 0 Å². The normalized spacial score (nSPS) is 11.0. The van der Waals surface area contributed by atoms with Crippen LogP contribution in [0.3, 0.4) is 0 Å². The maximum atomic E-state index is 10.6. The molecule has 126 valence electrons. The monoisotopic (exact) mass is 372 g/mol. The summed E-state index contributed by atoms with van der Waals surface area (Å²) < 4.78 is 1.17. The highest BCUT2D eigenvalue weighted by atomic mass is 79.9. The molecule has 0 amide bonds. The third-order valence-electron chi connectivity index (χ3n) is 4.59. The summed E-state index contributed by atoms with van der Waals surface area (Å²) in [4.78, 5) is 10.2. The molecule has 0 saturated heterocycles. The van der Waals surface area contributed by atoms with E-state index >= 15 is 0 Å². The molecule has 0 aromatic heterocycles. The molecule has 1 rings (SSSR count). The summed E-state index contributed by atoms with van der Waals surface area (Å²) in [5.74, 6) is 0. The fourth-order valence-electron chi connectivity index (χ4n) is 2.50. The molecular weight excluding hydrogens is 344 g/mol. The zero-order valence-electron chi connectivity index (χ0n) is 14.1. The Hall–Kier alpha value is -0.940. The van der Waals surface area contributed by atoms with Crippen molar-refractivity contribution >= 4 is 5.69 Å². The maximum Gasteiger partial charge on any atom is 0.269 e. The molecule has 0 heterocycles. The van der Waals surface area contributed by atoms with Crippen molar-refractivity contribution in [3.63, 3.8) is 0 Å². The first-order valence-corrected chi connectivity index (χ1v) is 8.07. The molecule has 1 aromatic rings. The van der Waals surface area contributed by atoms with Crippen LogP contribution < -0.4 is 17.0 Å². The average Bonchev–Trinajstić information content (AvgIpc) is 2.51. The Morgan fingerprint density at radius 2 is 1.55 bits per heavy atom. The molecule has 0 saturated carbocycles. The number of quaternary nitrogens is 1. The summed E-state index contributed by atoms with van der Waals surface area (Å²) >= 11 is 0. The van der Waals surface area contributed by atoms with Crippen molar-refractivity contribution < 1.29 is 26.4 Å². The van der Waals surface area contributed by atoms with Crippen molar-refractivity contribution in [3.8, 4) is 0 Å². The number of aryl methyl sites for hydroxylation is 1. The predicted octanol–water partition coefficient (Wildman–Crippen LogP) is 1.19. The molecule has 22 heavy (non-hydrogen) atoms. The van der Waals surface area contributed by atoms with Crippen molar-refractivity contribution in [2.75, 3.05) is 26.7 Å². The second-order valence-corrected chi connectivity index (χ2v) is 6.06. The number of non-ortho nitro benzene ring substituents is 1. The van der Waals surface area contributed by atoms with E-state index in [1.165, 1.54) is 55.4 Å². The molecule has 0 aliphatic carbocycles. The van der Waals surface area contributed by atoms with Gasteiger partial charge in [-0.1, -0.05) is 18.6 Å². The molecule has 0 N–H and O–H groups in total. The molecule has 1 aromatic carbocycles. The molecule has 0 fully saturated rings. The molecule has 0 aliphatic heterocycles. The highest BCUT2D eigenvalue weighted by Crippen LogP contribution is 2.15. The van der Waals surface area contributed by atoms with E-state index in [1.807, 2.05) is 12.1 Å². The van der Waals surface area contributed by atoms with Gasteiger partial charge in [0.25, 0.3) is 5.69 Å². The lowest BCUT2D eigenvalue weighted by Gasteiger charge is -2.32. The fraction of sp³-hybridized carbons (Fsp3) is 0.647. The number of halogens is 1. The van der Waals surface area contributed by atoms with Gasteiger partial charge >= 0.3 is 0 Å². The minimum absolute atomic E-state index is 0. The van der Waals surface area contributed by atoms with E-state index in [2.05, 4.69) is 20.9 Å². The zero-order valence-corrected chi connectivity index (χ0v) is 15.6. The molecule has 0 radical (unpaired) electrons. The maximum absolute atomic E-state index is 10.6. The molecule has 4 nitrogen and oxygen atoms in total. The van der Waals surface area contributed by atoms with Crippen molar-refractivity contribution in [2.24, 2.45) is 0 Å². The number of benzene rings is 1. The highest BCUT2D eigenvalue weighted by Gasteiger charge is 2.14. The second kappa shape index (κ2) is 10.7. The van der Waals surface area contributed by atoms with Gasteiger partial charge < -0.3 is 21.5 Å². The van der Waals surface area contributed by atoms with Gasteiger partial charge in [0.15, 0.2) is 0 Å². The molecule has 0 spiro atoms. The summed E-state index contributed by atoms with van der Waals surface area (Å²) in [6.07, 6.45) is 6.00. The standard InChI is InChI=1S/C17H29N2O2.BrH/c1-4-19(3,5-2)15-9-7-6-8-10-16-11-13-17(14-12-16)18(20)21;/h11-14H,4-10,15H2,1-3H3;1H/q+1;/p-1. The van der Waals surface area contributed by atoms with Gasteiger partial charge in [0.2, 0.25) is 0 Å². The average molecular weight is 373 g/mol.